The van der Waals surface area contributed by atoms with Crippen LogP contribution in [0.1, 0.15) is 21.5 Å². The molecule has 0 aliphatic rings. The van der Waals surface area contributed by atoms with Gasteiger partial charge in [0.15, 0.2) is 0 Å². The first kappa shape index (κ1) is 13.9. The predicted octanol–water partition coefficient (Wildman–Crippen LogP) is 2.99. The lowest BCUT2D eigenvalue weighted by atomic mass is 10.1. The van der Waals surface area contributed by atoms with Gasteiger partial charge in [-0.1, -0.05) is 6.07 Å². The van der Waals surface area contributed by atoms with Gasteiger partial charge in [0.05, 0.1) is 11.4 Å². The molecule has 2 rings (SSSR count). The molecule has 0 heterocycles. The summed E-state index contributed by atoms with van der Waals surface area (Å²) in [5.41, 5.74) is 11.3. The number of nitrogens with one attached hydrogen (secondary N) is 2. The van der Waals surface area contributed by atoms with Crippen LogP contribution in [0.4, 0.5) is 17.1 Å². The minimum Gasteiger partial charge on any atom is -0.397 e. The molecular weight excluding hydrogens is 250 g/mol. The Balaban J connectivity index is 2.27. The van der Waals surface area contributed by atoms with Crippen LogP contribution in [0.15, 0.2) is 36.4 Å². The van der Waals surface area contributed by atoms with Crippen LogP contribution in [0.2, 0.25) is 0 Å². The minimum absolute atomic E-state index is 0.144. The molecule has 0 fully saturated rings. The van der Waals surface area contributed by atoms with E-state index in [0.29, 0.717) is 11.3 Å². The summed E-state index contributed by atoms with van der Waals surface area (Å²) in [7, 11) is 1.60. The third kappa shape index (κ3) is 3.09. The van der Waals surface area contributed by atoms with Crippen molar-refractivity contribution in [1.82, 2.24) is 5.32 Å². The van der Waals surface area contributed by atoms with E-state index in [2.05, 4.69) is 42.7 Å². The predicted molar refractivity (Wildman–Crippen MR) is 83.4 cm³/mol. The lowest BCUT2D eigenvalue weighted by Gasteiger charge is -2.12. The largest absolute Gasteiger partial charge is 0.397 e. The molecular formula is C16H19N3O. The van der Waals surface area contributed by atoms with Gasteiger partial charge < -0.3 is 16.4 Å². The van der Waals surface area contributed by atoms with E-state index in [4.69, 9.17) is 5.73 Å². The maximum absolute atomic E-state index is 11.5. The van der Waals surface area contributed by atoms with Crippen molar-refractivity contribution in [2.45, 2.75) is 13.8 Å². The van der Waals surface area contributed by atoms with E-state index in [9.17, 15) is 4.79 Å². The standard InChI is InChI=1S/C16H19N3O/c1-10-6-11(2)8-13(7-10)19-15-5-4-12(9-14(15)17)16(20)18-3/h4-9,19H,17H2,1-3H3,(H,18,20). The number of carbonyl (C=O) groups is 1. The normalized spacial score (nSPS) is 10.2. The number of benzene rings is 2. The Bertz CT molecular complexity index is 630. The average Bonchev–Trinajstić information content (AvgIpc) is 2.39. The number of hydrogen-bond donors (Lipinski definition) is 3. The molecule has 0 bridgehead atoms. The first-order valence-electron chi connectivity index (χ1n) is 6.46. The van der Waals surface area contributed by atoms with Crippen LogP contribution < -0.4 is 16.4 Å². The molecule has 20 heavy (non-hydrogen) atoms. The van der Waals surface area contributed by atoms with Crippen molar-refractivity contribution in [1.29, 1.82) is 0 Å². The number of nitrogens with two attached hydrogens (primary N) is 1. The SMILES string of the molecule is CNC(=O)c1ccc(Nc2cc(C)cc(C)c2)c(N)c1. The maximum atomic E-state index is 11.5. The summed E-state index contributed by atoms with van der Waals surface area (Å²) in [6.45, 7) is 4.10. The molecule has 0 radical (unpaired) electrons. The molecule has 0 aliphatic heterocycles. The Hall–Kier alpha value is -2.49. The molecule has 1 amide bonds. The van der Waals surface area contributed by atoms with Crippen molar-refractivity contribution >= 4 is 23.0 Å². The number of anilines is 3. The number of nitrogen functional groups attached to an aromatic ring is 1. The number of rotatable bonds is 3. The van der Waals surface area contributed by atoms with Crippen LogP contribution in [0, 0.1) is 13.8 Å². The number of amides is 1. The van der Waals surface area contributed by atoms with E-state index in [1.54, 1.807) is 19.2 Å². The highest BCUT2D eigenvalue weighted by atomic mass is 16.1. The maximum Gasteiger partial charge on any atom is 0.251 e. The van der Waals surface area contributed by atoms with Crippen molar-refractivity contribution in [2.75, 3.05) is 18.1 Å². The summed E-state index contributed by atoms with van der Waals surface area (Å²) in [6, 6.07) is 11.5. The highest BCUT2D eigenvalue weighted by Gasteiger charge is 2.07. The topological polar surface area (TPSA) is 67.2 Å². The second kappa shape index (κ2) is 5.65. The molecule has 0 atom stereocenters. The summed E-state index contributed by atoms with van der Waals surface area (Å²) in [5, 5.41) is 5.86. The van der Waals surface area contributed by atoms with Gasteiger partial charge in [-0.05, 0) is 55.3 Å². The number of carbonyl (C=O) groups excluding carboxylic acids is 1. The fraction of sp³-hybridized carbons (Fsp3) is 0.188. The number of hydrogen-bond acceptors (Lipinski definition) is 3. The van der Waals surface area contributed by atoms with Crippen LogP contribution in [0.25, 0.3) is 0 Å². The van der Waals surface area contributed by atoms with Crippen molar-refractivity contribution in [3.63, 3.8) is 0 Å². The molecule has 0 saturated heterocycles. The summed E-state index contributed by atoms with van der Waals surface area (Å²) in [5.74, 6) is -0.144. The number of aryl methyl sites for hydroxylation is 2. The van der Waals surface area contributed by atoms with Gasteiger partial charge in [0.1, 0.15) is 0 Å². The minimum atomic E-state index is -0.144. The van der Waals surface area contributed by atoms with E-state index >= 15 is 0 Å². The monoisotopic (exact) mass is 269 g/mol. The third-order valence-corrected chi connectivity index (χ3v) is 3.04. The van der Waals surface area contributed by atoms with Crippen molar-refractivity contribution in [2.24, 2.45) is 0 Å². The van der Waals surface area contributed by atoms with Crippen LogP contribution in [0.3, 0.4) is 0 Å². The van der Waals surface area contributed by atoms with Gasteiger partial charge in [0.25, 0.3) is 5.91 Å². The van der Waals surface area contributed by atoms with Crippen molar-refractivity contribution in [3.05, 3.63) is 53.1 Å². The fourth-order valence-corrected chi connectivity index (χ4v) is 2.16. The smallest absolute Gasteiger partial charge is 0.251 e. The van der Waals surface area contributed by atoms with Gasteiger partial charge >= 0.3 is 0 Å². The van der Waals surface area contributed by atoms with Gasteiger partial charge in [-0.15, -0.1) is 0 Å². The van der Waals surface area contributed by atoms with E-state index in [1.165, 1.54) is 11.1 Å². The molecule has 2 aromatic rings. The van der Waals surface area contributed by atoms with Gasteiger partial charge in [-0.25, -0.2) is 0 Å². The molecule has 2 aromatic carbocycles. The zero-order valence-electron chi connectivity index (χ0n) is 11.9. The first-order chi connectivity index (χ1) is 9.49. The van der Waals surface area contributed by atoms with Gasteiger partial charge in [0, 0.05) is 18.3 Å². The van der Waals surface area contributed by atoms with Crippen LogP contribution in [-0.4, -0.2) is 13.0 Å². The highest BCUT2D eigenvalue weighted by molar-refractivity contribution is 5.96. The molecule has 104 valence electrons. The molecule has 0 saturated carbocycles. The molecule has 4 heteroatoms. The van der Waals surface area contributed by atoms with Gasteiger partial charge in [-0.2, -0.15) is 0 Å². The van der Waals surface area contributed by atoms with Crippen LogP contribution >= 0.6 is 0 Å². The van der Waals surface area contributed by atoms with Crippen LogP contribution in [-0.2, 0) is 0 Å². The third-order valence-electron chi connectivity index (χ3n) is 3.04. The second-order valence-electron chi connectivity index (χ2n) is 4.88. The van der Waals surface area contributed by atoms with Crippen LogP contribution in [0.5, 0.6) is 0 Å². The summed E-state index contributed by atoms with van der Waals surface area (Å²) >= 11 is 0. The quantitative estimate of drug-likeness (QED) is 0.750. The molecule has 0 unspecified atom stereocenters. The van der Waals surface area contributed by atoms with Crippen molar-refractivity contribution < 1.29 is 4.79 Å². The van der Waals surface area contributed by atoms with E-state index in [-0.39, 0.29) is 5.91 Å². The van der Waals surface area contributed by atoms with Gasteiger partial charge in [0.2, 0.25) is 0 Å². The van der Waals surface area contributed by atoms with E-state index in [0.717, 1.165) is 11.4 Å². The summed E-state index contributed by atoms with van der Waals surface area (Å²) < 4.78 is 0. The lowest BCUT2D eigenvalue weighted by Crippen LogP contribution is -2.17. The first-order valence-corrected chi connectivity index (χ1v) is 6.46. The zero-order valence-corrected chi connectivity index (χ0v) is 11.9. The zero-order chi connectivity index (χ0) is 14.7. The molecule has 4 N–H and O–H groups in total. The molecule has 4 nitrogen and oxygen atoms in total. The second-order valence-corrected chi connectivity index (χ2v) is 4.88. The van der Waals surface area contributed by atoms with Crippen molar-refractivity contribution in [3.8, 4) is 0 Å². The lowest BCUT2D eigenvalue weighted by molar-refractivity contribution is 0.0963. The summed E-state index contributed by atoms with van der Waals surface area (Å²) in [4.78, 5) is 11.5. The fourth-order valence-electron chi connectivity index (χ4n) is 2.16. The Labute approximate surface area is 119 Å². The Morgan fingerprint density at radius 2 is 1.70 bits per heavy atom. The molecule has 0 aliphatic carbocycles. The van der Waals surface area contributed by atoms with Gasteiger partial charge in [-0.3, -0.25) is 4.79 Å². The molecule has 0 aromatic heterocycles. The Morgan fingerprint density at radius 3 is 2.25 bits per heavy atom. The average molecular weight is 269 g/mol. The van der Waals surface area contributed by atoms with E-state index < -0.39 is 0 Å². The summed E-state index contributed by atoms with van der Waals surface area (Å²) in [6.07, 6.45) is 0. The van der Waals surface area contributed by atoms with E-state index in [1.807, 2.05) is 6.07 Å². The highest BCUT2D eigenvalue weighted by Crippen LogP contribution is 2.25. The Kier molecular flexibility index (Phi) is 3.94. The Morgan fingerprint density at radius 1 is 1.05 bits per heavy atom. The molecule has 0 spiro atoms.